The molecule has 1 aromatic carbocycles. The Morgan fingerprint density at radius 3 is 2.74 bits per heavy atom. The van der Waals surface area contributed by atoms with Crippen molar-refractivity contribution in [2.75, 3.05) is 18.0 Å². The first-order chi connectivity index (χ1) is 9.15. The van der Waals surface area contributed by atoms with Gasteiger partial charge in [0.1, 0.15) is 0 Å². The molecule has 0 saturated heterocycles. The summed E-state index contributed by atoms with van der Waals surface area (Å²) in [4.78, 5) is 2.33. The third-order valence-electron chi connectivity index (χ3n) is 3.62. The van der Waals surface area contributed by atoms with Crippen molar-refractivity contribution in [2.45, 2.75) is 39.2 Å². The fraction of sp³-hybridized carbons (Fsp3) is 0.562. The minimum atomic E-state index is -0.499. The molecule has 1 aliphatic rings. The normalized spacial score (nSPS) is 15.9. The van der Waals surface area contributed by atoms with Gasteiger partial charge >= 0.3 is 0 Å². The van der Waals surface area contributed by atoms with Crippen LogP contribution in [0.3, 0.4) is 0 Å². The molecule has 1 aromatic rings. The molecule has 3 nitrogen and oxygen atoms in total. The van der Waals surface area contributed by atoms with Crippen LogP contribution in [0.4, 0.5) is 5.69 Å². The van der Waals surface area contributed by atoms with Crippen LogP contribution in [-0.4, -0.2) is 18.2 Å². The first kappa shape index (κ1) is 13.9. The molecule has 1 atom stereocenters. The second-order valence-corrected chi connectivity index (χ2v) is 5.45. The lowest BCUT2D eigenvalue weighted by Crippen LogP contribution is -2.28. The Morgan fingerprint density at radius 2 is 2.21 bits per heavy atom. The van der Waals surface area contributed by atoms with Gasteiger partial charge in [0, 0.05) is 24.3 Å². The van der Waals surface area contributed by atoms with Crippen molar-refractivity contribution in [1.29, 1.82) is 5.26 Å². The van der Waals surface area contributed by atoms with E-state index >= 15 is 0 Å². The number of hydrogen-bond acceptors (Lipinski definition) is 3. The molecule has 0 bridgehead atoms. The van der Waals surface area contributed by atoms with E-state index in [2.05, 4.69) is 17.9 Å². The Kier molecular flexibility index (Phi) is 4.44. The van der Waals surface area contributed by atoms with Crippen LogP contribution in [0, 0.1) is 17.2 Å². The molecule has 0 radical (unpaired) electrons. The average molecular weight is 258 g/mol. The predicted octanol–water partition coefficient (Wildman–Crippen LogP) is 3.24. The van der Waals surface area contributed by atoms with Crippen LogP contribution in [0.5, 0.6) is 0 Å². The number of aliphatic hydroxyl groups excluding tert-OH is 1. The summed E-state index contributed by atoms with van der Waals surface area (Å²) in [6.45, 7) is 5.97. The summed E-state index contributed by atoms with van der Waals surface area (Å²) >= 11 is 0. The maximum atomic E-state index is 9.93. The second-order valence-electron chi connectivity index (χ2n) is 5.45. The largest absolute Gasteiger partial charge is 0.389 e. The number of aliphatic hydroxyl groups is 1. The molecule has 102 valence electrons. The number of nitriles is 1. The summed E-state index contributed by atoms with van der Waals surface area (Å²) < 4.78 is 0. The molecule has 1 aliphatic carbocycles. The molecule has 2 rings (SSSR count). The lowest BCUT2D eigenvalue weighted by molar-refractivity contribution is 0.199. The zero-order valence-electron chi connectivity index (χ0n) is 11.8. The van der Waals surface area contributed by atoms with Crippen LogP contribution in [0.1, 0.15) is 50.3 Å². The van der Waals surface area contributed by atoms with Gasteiger partial charge < -0.3 is 10.0 Å². The van der Waals surface area contributed by atoms with E-state index in [0.717, 1.165) is 36.7 Å². The van der Waals surface area contributed by atoms with Crippen LogP contribution in [-0.2, 0) is 0 Å². The molecule has 1 N–H and O–H groups in total. The minimum absolute atomic E-state index is 0.499. The lowest BCUT2D eigenvalue weighted by Gasteiger charge is -2.28. The highest BCUT2D eigenvalue weighted by Crippen LogP contribution is 2.34. The van der Waals surface area contributed by atoms with Crippen molar-refractivity contribution in [3.05, 3.63) is 29.3 Å². The van der Waals surface area contributed by atoms with Gasteiger partial charge in [0.15, 0.2) is 0 Å². The molecule has 0 amide bonds. The first-order valence-corrected chi connectivity index (χ1v) is 7.12. The summed E-state index contributed by atoms with van der Waals surface area (Å²) in [5, 5.41) is 19.0. The molecule has 19 heavy (non-hydrogen) atoms. The average Bonchev–Trinajstić information content (AvgIpc) is 3.21. The van der Waals surface area contributed by atoms with Crippen molar-refractivity contribution in [2.24, 2.45) is 5.92 Å². The molecule has 1 saturated carbocycles. The first-order valence-electron chi connectivity index (χ1n) is 7.12. The minimum Gasteiger partial charge on any atom is -0.389 e. The van der Waals surface area contributed by atoms with E-state index in [1.54, 1.807) is 13.0 Å². The molecule has 0 unspecified atom stereocenters. The fourth-order valence-electron chi connectivity index (χ4n) is 2.43. The predicted molar refractivity (Wildman–Crippen MR) is 77.0 cm³/mol. The van der Waals surface area contributed by atoms with Gasteiger partial charge in [-0.05, 0) is 44.2 Å². The number of benzene rings is 1. The monoisotopic (exact) mass is 258 g/mol. The molecule has 3 heteroatoms. The zero-order valence-corrected chi connectivity index (χ0v) is 11.8. The summed E-state index contributed by atoms with van der Waals surface area (Å²) in [6.07, 6.45) is 3.19. The Bertz CT molecular complexity index is 472. The van der Waals surface area contributed by atoms with Gasteiger partial charge in [-0.25, -0.2) is 0 Å². The van der Waals surface area contributed by atoms with Gasteiger partial charge in [-0.3, -0.25) is 0 Å². The van der Waals surface area contributed by atoms with E-state index < -0.39 is 6.10 Å². The van der Waals surface area contributed by atoms with E-state index in [1.807, 2.05) is 12.1 Å². The maximum Gasteiger partial charge on any atom is 0.0992 e. The highest BCUT2D eigenvalue weighted by molar-refractivity contribution is 5.58. The summed E-state index contributed by atoms with van der Waals surface area (Å²) in [6, 6.07) is 7.78. The summed E-state index contributed by atoms with van der Waals surface area (Å²) in [5.74, 6) is 0.791. The van der Waals surface area contributed by atoms with Gasteiger partial charge in [-0.15, -0.1) is 0 Å². The molecule has 1 fully saturated rings. The lowest BCUT2D eigenvalue weighted by atomic mass is 10.0. The van der Waals surface area contributed by atoms with Crippen LogP contribution >= 0.6 is 0 Å². The van der Waals surface area contributed by atoms with Crippen LogP contribution < -0.4 is 4.90 Å². The van der Waals surface area contributed by atoms with Gasteiger partial charge in [-0.2, -0.15) is 5.26 Å². The number of nitrogens with zero attached hydrogens (tertiary/aromatic N) is 2. The molecule has 0 spiro atoms. The van der Waals surface area contributed by atoms with Gasteiger partial charge in [-0.1, -0.05) is 13.0 Å². The van der Waals surface area contributed by atoms with Crippen molar-refractivity contribution in [1.82, 2.24) is 0 Å². The van der Waals surface area contributed by atoms with Crippen molar-refractivity contribution in [3.63, 3.8) is 0 Å². The van der Waals surface area contributed by atoms with E-state index in [4.69, 9.17) is 5.26 Å². The molecule has 0 aromatic heterocycles. The molecule has 0 heterocycles. The summed E-state index contributed by atoms with van der Waals surface area (Å²) in [5.41, 5.74) is 2.62. The Morgan fingerprint density at radius 1 is 1.47 bits per heavy atom. The van der Waals surface area contributed by atoms with Crippen LogP contribution in [0.2, 0.25) is 0 Å². The van der Waals surface area contributed by atoms with Gasteiger partial charge in [0.05, 0.1) is 17.7 Å². The topological polar surface area (TPSA) is 47.3 Å². The van der Waals surface area contributed by atoms with Crippen molar-refractivity contribution < 1.29 is 5.11 Å². The molecular formula is C16H22N2O. The fourth-order valence-corrected chi connectivity index (χ4v) is 2.43. The third-order valence-corrected chi connectivity index (χ3v) is 3.62. The number of rotatable bonds is 6. The van der Waals surface area contributed by atoms with Crippen molar-refractivity contribution in [3.8, 4) is 6.07 Å². The van der Waals surface area contributed by atoms with E-state index in [0.29, 0.717) is 5.56 Å². The smallest absolute Gasteiger partial charge is 0.0992 e. The quantitative estimate of drug-likeness (QED) is 0.852. The third kappa shape index (κ3) is 3.48. The standard InChI is InChI=1S/C16H22N2O/c1-3-8-18(11-13-4-5-13)16-9-14(10-17)6-7-15(16)12(2)19/h6-7,9,12-13,19H,3-5,8,11H2,1-2H3/t12-/m0/s1. The highest BCUT2D eigenvalue weighted by Gasteiger charge is 2.25. The Balaban J connectivity index is 2.33. The van der Waals surface area contributed by atoms with Crippen LogP contribution in [0.25, 0.3) is 0 Å². The second kappa shape index (κ2) is 6.08. The van der Waals surface area contributed by atoms with Crippen LogP contribution in [0.15, 0.2) is 18.2 Å². The molecule has 0 aliphatic heterocycles. The van der Waals surface area contributed by atoms with Gasteiger partial charge in [0.2, 0.25) is 0 Å². The van der Waals surface area contributed by atoms with Crippen molar-refractivity contribution >= 4 is 5.69 Å². The Labute approximate surface area is 115 Å². The SMILES string of the molecule is CCCN(CC1CC1)c1cc(C#N)ccc1[C@H](C)O. The Hall–Kier alpha value is -1.53. The molecular weight excluding hydrogens is 236 g/mol. The van der Waals surface area contributed by atoms with Gasteiger partial charge in [0.25, 0.3) is 0 Å². The number of hydrogen-bond donors (Lipinski definition) is 1. The van der Waals surface area contributed by atoms with E-state index in [9.17, 15) is 5.11 Å². The summed E-state index contributed by atoms with van der Waals surface area (Å²) in [7, 11) is 0. The number of anilines is 1. The zero-order chi connectivity index (χ0) is 13.8. The van der Waals surface area contributed by atoms with E-state index in [-0.39, 0.29) is 0 Å². The highest BCUT2D eigenvalue weighted by atomic mass is 16.3. The maximum absolute atomic E-state index is 9.93. The van der Waals surface area contributed by atoms with E-state index in [1.165, 1.54) is 12.8 Å².